The van der Waals surface area contributed by atoms with E-state index in [-0.39, 0.29) is 11.7 Å². The summed E-state index contributed by atoms with van der Waals surface area (Å²) in [4.78, 5) is 11.8. The molecule has 1 spiro atoms. The monoisotopic (exact) mass is 293 g/mol. The van der Waals surface area contributed by atoms with Crippen molar-refractivity contribution in [3.8, 4) is 0 Å². The molecule has 1 aliphatic heterocycles. The molecule has 0 amide bonds. The molecule has 2 heterocycles. The van der Waals surface area contributed by atoms with Gasteiger partial charge in [-0.2, -0.15) is 0 Å². The number of rotatable bonds is 4. The van der Waals surface area contributed by atoms with Crippen LogP contribution in [0.2, 0.25) is 0 Å². The van der Waals surface area contributed by atoms with Gasteiger partial charge in [0.1, 0.15) is 0 Å². The second-order valence-corrected chi connectivity index (χ2v) is 6.09. The van der Waals surface area contributed by atoms with Crippen molar-refractivity contribution in [2.24, 2.45) is 0 Å². The van der Waals surface area contributed by atoms with Crippen LogP contribution in [0.4, 0.5) is 0 Å². The summed E-state index contributed by atoms with van der Waals surface area (Å²) in [5, 5.41) is 8.03. The number of ether oxygens (including phenoxy) is 2. The van der Waals surface area contributed by atoms with Gasteiger partial charge in [0, 0.05) is 0 Å². The van der Waals surface area contributed by atoms with Gasteiger partial charge in [-0.3, -0.25) is 0 Å². The fraction of sp³-hybridized carbons (Fsp3) is 0.800. The molecular formula is C15H23N3O3. The number of hydrogen-bond donors (Lipinski definition) is 0. The molecule has 3 rings (SSSR count). The van der Waals surface area contributed by atoms with E-state index in [4.69, 9.17) is 9.47 Å². The smallest absolute Gasteiger partial charge is 0.360 e. The van der Waals surface area contributed by atoms with Crippen LogP contribution in [0.5, 0.6) is 0 Å². The highest BCUT2D eigenvalue weighted by atomic mass is 16.5. The molecule has 1 aliphatic carbocycles. The molecule has 1 aromatic rings. The minimum atomic E-state index is -0.402. The molecule has 116 valence electrons. The summed E-state index contributed by atoms with van der Waals surface area (Å²) in [5.41, 5.74) is 1.19. The minimum absolute atomic E-state index is 0.128. The fourth-order valence-corrected chi connectivity index (χ4v) is 3.53. The standard InChI is InChI=1S/C15H23N3O3/c1-3-20-14(19)13-11(2)18(17-16-13)10-12-6-9-15(21-12)7-4-5-8-15/h12H,3-10H2,1-2H3. The summed E-state index contributed by atoms with van der Waals surface area (Å²) in [7, 11) is 0. The van der Waals surface area contributed by atoms with Gasteiger partial charge in [0.15, 0.2) is 5.69 Å². The molecule has 1 aromatic heterocycles. The predicted molar refractivity (Wildman–Crippen MR) is 76.0 cm³/mol. The average molecular weight is 293 g/mol. The summed E-state index contributed by atoms with van der Waals surface area (Å²) in [5.74, 6) is -0.402. The molecule has 0 bridgehead atoms. The van der Waals surface area contributed by atoms with Crippen LogP contribution >= 0.6 is 0 Å². The highest BCUT2D eigenvalue weighted by molar-refractivity contribution is 5.88. The summed E-state index contributed by atoms with van der Waals surface area (Å²) >= 11 is 0. The topological polar surface area (TPSA) is 66.2 Å². The number of carbonyl (C=O) groups excluding carboxylic acids is 1. The predicted octanol–water partition coefficient (Wildman–Crippen LogP) is 2.26. The molecule has 0 radical (unpaired) electrons. The second kappa shape index (κ2) is 5.75. The van der Waals surface area contributed by atoms with Gasteiger partial charge in [0.2, 0.25) is 0 Å². The number of aromatic nitrogens is 3. The van der Waals surface area contributed by atoms with Crippen molar-refractivity contribution in [1.29, 1.82) is 0 Å². The third-order valence-corrected chi connectivity index (χ3v) is 4.68. The van der Waals surface area contributed by atoms with Gasteiger partial charge >= 0.3 is 5.97 Å². The van der Waals surface area contributed by atoms with Gasteiger partial charge in [-0.25, -0.2) is 9.48 Å². The lowest BCUT2D eigenvalue weighted by Gasteiger charge is -2.23. The maximum absolute atomic E-state index is 11.8. The van der Waals surface area contributed by atoms with Crippen LogP contribution in [0.15, 0.2) is 0 Å². The van der Waals surface area contributed by atoms with E-state index >= 15 is 0 Å². The Morgan fingerprint density at radius 2 is 2.19 bits per heavy atom. The molecule has 2 aliphatic rings. The van der Waals surface area contributed by atoms with E-state index in [0.717, 1.165) is 18.5 Å². The SMILES string of the molecule is CCOC(=O)c1nnn(CC2CCC3(CCCC3)O2)c1C. The van der Waals surface area contributed by atoms with Gasteiger partial charge < -0.3 is 9.47 Å². The van der Waals surface area contributed by atoms with Crippen molar-refractivity contribution in [3.63, 3.8) is 0 Å². The lowest BCUT2D eigenvalue weighted by molar-refractivity contribution is -0.0432. The maximum Gasteiger partial charge on any atom is 0.360 e. The Morgan fingerprint density at radius 3 is 2.90 bits per heavy atom. The van der Waals surface area contributed by atoms with Crippen LogP contribution in [0.3, 0.4) is 0 Å². The quantitative estimate of drug-likeness (QED) is 0.797. The van der Waals surface area contributed by atoms with Crippen molar-refractivity contribution in [3.05, 3.63) is 11.4 Å². The Labute approximate surface area is 124 Å². The molecular weight excluding hydrogens is 270 g/mol. The lowest BCUT2D eigenvalue weighted by atomic mass is 9.98. The summed E-state index contributed by atoms with van der Waals surface area (Å²) < 4.78 is 13.0. The molecule has 0 aromatic carbocycles. The summed E-state index contributed by atoms with van der Waals surface area (Å²) in [6.07, 6.45) is 7.33. The summed E-state index contributed by atoms with van der Waals surface area (Å²) in [6.45, 7) is 4.65. The first kappa shape index (κ1) is 14.5. The molecule has 2 fully saturated rings. The van der Waals surface area contributed by atoms with Crippen molar-refractivity contribution in [1.82, 2.24) is 15.0 Å². The lowest BCUT2D eigenvalue weighted by Crippen LogP contribution is -2.27. The van der Waals surface area contributed by atoms with Crippen molar-refractivity contribution in [2.45, 2.75) is 70.6 Å². The molecule has 0 N–H and O–H groups in total. The number of nitrogens with zero attached hydrogens (tertiary/aromatic N) is 3. The third-order valence-electron chi connectivity index (χ3n) is 4.68. The molecule has 1 saturated carbocycles. The van der Waals surface area contributed by atoms with E-state index in [0.29, 0.717) is 18.8 Å². The average Bonchev–Trinajstić information content (AvgIpc) is 3.16. The van der Waals surface area contributed by atoms with E-state index in [2.05, 4.69) is 10.3 Å². The highest BCUT2D eigenvalue weighted by Gasteiger charge is 2.42. The largest absolute Gasteiger partial charge is 0.461 e. The first-order valence-corrected chi connectivity index (χ1v) is 7.88. The van der Waals surface area contributed by atoms with Crippen molar-refractivity contribution in [2.75, 3.05) is 6.61 Å². The van der Waals surface area contributed by atoms with Crippen LogP contribution < -0.4 is 0 Å². The molecule has 1 unspecified atom stereocenters. The van der Waals surface area contributed by atoms with E-state index in [1.54, 1.807) is 11.6 Å². The van der Waals surface area contributed by atoms with Gasteiger partial charge in [0.05, 0.1) is 30.6 Å². The normalized spacial score (nSPS) is 23.8. The first-order chi connectivity index (χ1) is 10.1. The van der Waals surface area contributed by atoms with Crippen LogP contribution in [-0.4, -0.2) is 39.3 Å². The van der Waals surface area contributed by atoms with Crippen molar-refractivity contribution < 1.29 is 14.3 Å². The van der Waals surface area contributed by atoms with Crippen molar-refractivity contribution >= 4 is 5.97 Å². The molecule has 6 nitrogen and oxygen atoms in total. The molecule has 1 atom stereocenters. The Kier molecular flexibility index (Phi) is 3.97. The Hall–Kier alpha value is -1.43. The molecule has 21 heavy (non-hydrogen) atoms. The van der Waals surface area contributed by atoms with Gasteiger partial charge in [-0.15, -0.1) is 5.10 Å². The van der Waals surface area contributed by atoms with E-state index < -0.39 is 5.97 Å². The molecule has 1 saturated heterocycles. The minimum Gasteiger partial charge on any atom is -0.461 e. The number of esters is 1. The van der Waals surface area contributed by atoms with Crippen LogP contribution in [0, 0.1) is 6.92 Å². The van der Waals surface area contributed by atoms with Crippen LogP contribution in [-0.2, 0) is 16.0 Å². The maximum atomic E-state index is 11.8. The molecule has 6 heteroatoms. The van der Waals surface area contributed by atoms with E-state index in [9.17, 15) is 4.79 Å². The zero-order valence-electron chi connectivity index (χ0n) is 12.8. The van der Waals surface area contributed by atoms with E-state index in [1.165, 1.54) is 25.7 Å². The summed E-state index contributed by atoms with van der Waals surface area (Å²) in [6, 6.07) is 0. The van der Waals surface area contributed by atoms with Gasteiger partial charge in [0.25, 0.3) is 0 Å². The first-order valence-electron chi connectivity index (χ1n) is 7.88. The zero-order chi connectivity index (χ0) is 14.9. The Balaban J connectivity index is 1.65. The number of carbonyl (C=O) groups is 1. The number of hydrogen-bond acceptors (Lipinski definition) is 5. The van der Waals surface area contributed by atoms with Gasteiger partial charge in [-0.1, -0.05) is 18.1 Å². The van der Waals surface area contributed by atoms with Crippen LogP contribution in [0.1, 0.15) is 61.6 Å². The highest BCUT2D eigenvalue weighted by Crippen LogP contribution is 2.43. The zero-order valence-corrected chi connectivity index (χ0v) is 12.8. The Bertz CT molecular complexity index is 520. The van der Waals surface area contributed by atoms with Crippen LogP contribution in [0.25, 0.3) is 0 Å². The van der Waals surface area contributed by atoms with Gasteiger partial charge in [-0.05, 0) is 39.5 Å². The van der Waals surface area contributed by atoms with E-state index in [1.807, 2.05) is 6.92 Å². The Morgan fingerprint density at radius 1 is 1.43 bits per heavy atom. The fourth-order valence-electron chi connectivity index (χ4n) is 3.53. The third kappa shape index (κ3) is 2.81. The second-order valence-electron chi connectivity index (χ2n) is 6.09.